The molecule has 0 spiro atoms. The van der Waals surface area contributed by atoms with Crippen molar-refractivity contribution in [2.45, 2.75) is 11.8 Å². The van der Waals surface area contributed by atoms with Crippen LogP contribution in [0.5, 0.6) is 5.75 Å². The lowest BCUT2D eigenvalue weighted by Crippen LogP contribution is -2.48. The van der Waals surface area contributed by atoms with Gasteiger partial charge < -0.3 is 4.74 Å². The molecule has 0 aromatic heterocycles. The number of amides is 2. The first-order valence-corrected chi connectivity index (χ1v) is 9.51. The average molecular weight is 391 g/mol. The van der Waals surface area contributed by atoms with E-state index in [9.17, 15) is 18.0 Å². The van der Waals surface area contributed by atoms with E-state index in [4.69, 9.17) is 4.74 Å². The predicted octanol–water partition coefficient (Wildman–Crippen LogP) is 0.842. The Bertz CT molecular complexity index is 883. The molecule has 27 heavy (non-hydrogen) atoms. The van der Waals surface area contributed by atoms with Crippen LogP contribution in [0.3, 0.4) is 0 Å². The van der Waals surface area contributed by atoms with Crippen molar-refractivity contribution in [3.05, 3.63) is 60.2 Å². The molecule has 0 bridgehead atoms. The fourth-order valence-corrected chi connectivity index (χ4v) is 3.19. The summed E-state index contributed by atoms with van der Waals surface area (Å²) < 4.78 is 31.0. The van der Waals surface area contributed by atoms with Gasteiger partial charge >= 0.3 is 0 Å². The Balaban J connectivity index is 1.80. The fraction of sp³-hybridized carbons (Fsp3) is 0.222. The first-order chi connectivity index (χ1) is 12.8. The third-order valence-corrected chi connectivity index (χ3v) is 5.37. The number of rotatable bonds is 7. The molecule has 2 N–H and O–H groups in total. The van der Waals surface area contributed by atoms with Crippen molar-refractivity contribution in [2.24, 2.45) is 0 Å². The van der Waals surface area contributed by atoms with Crippen LogP contribution in [0.4, 0.5) is 0 Å². The zero-order valence-corrected chi connectivity index (χ0v) is 15.8. The topological polar surface area (TPSA) is 105 Å². The predicted molar refractivity (Wildman–Crippen MR) is 99.2 cm³/mol. The minimum Gasteiger partial charge on any atom is -0.484 e. The van der Waals surface area contributed by atoms with E-state index in [2.05, 4.69) is 10.9 Å². The van der Waals surface area contributed by atoms with E-state index in [1.165, 1.54) is 19.2 Å². The van der Waals surface area contributed by atoms with Gasteiger partial charge in [-0.1, -0.05) is 35.9 Å². The second kappa shape index (κ2) is 9.15. The molecular weight excluding hydrogens is 370 g/mol. The van der Waals surface area contributed by atoms with Crippen LogP contribution in [0.2, 0.25) is 0 Å². The highest BCUT2D eigenvalue weighted by Gasteiger charge is 2.22. The maximum Gasteiger partial charge on any atom is 0.276 e. The van der Waals surface area contributed by atoms with Crippen LogP contribution in [-0.4, -0.2) is 44.7 Å². The monoisotopic (exact) mass is 391 g/mol. The normalized spacial score (nSPS) is 11.1. The minimum atomic E-state index is -3.80. The fourth-order valence-electron chi connectivity index (χ4n) is 2.06. The summed E-state index contributed by atoms with van der Waals surface area (Å²) in [5.74, 6) is -0.736. The summed E-state index contributed by atoms with van der Waals surface area (Å²) in [5, 5.41) is 0. The van der Waals surface area contributed by atoms with Gasteiger partial charge in [-0.05, 0) is 31.2 Å². The van der Waals surface area contributed by atoms with E-state index in [-0.39, 0.29) is 11.5 Å². The van der Waals surface area contributed by atoms with Gasteiger partial charge in [-0.25, -0.2) is 8.42 Å². The zero-order valence-electron chi connectivity index (χ0n) is 15.0. The minimum absolute atomic E-state index is 0.0868. The summed E-state index contributed by atoms with van der Waals surface area (Å²) >= 11 is 0. The van der Waals surface area contributed by atoms with Gasteiger partial charge in [0.05, 0.1) is 11.4 Å². The van der Waals surface area contributed by atoms with Crippen molar-refractivity contribution in [2.75, 3.05) is 20.2 Å². The molecule has 0 heterocycles. The standard InChI is InChI=1S/C18H21N3O5S/c1-14-8-10-16(11-9-14)27(24,25)21(2)12-17(22)19-20-18(23)13-26-15-6-4-3-5-7-15/h3-11H,12-13H2,1-2H3,(H,19,22)(H,20,23). The van der Waals surface area contributed by atoms with Crippen molar-refractivity contribution in [3.63, 3.8) is 0 Å². The van der Waals surface area contributed by atoms with Crippen molar-refractivity contribution < 1.29 is 22.7 Å². The molecule has 0 saturated heterocycles. The number of likely N-dealkylation sites (N-methyl/N-ethyl adjacent to an activating group) is 1. The molecule has 8 nitrogen and oxygen atoms in total. The molecule has 2 aromatic carbocycles. The van der Waals surface area contributed by atoms with Gasteiger partial charge in [0.2, 0.25) is 10.0 Å². The van der Waals surface area contributed by atoms with Crippen molar-refractivity contribution >= 4 is 21.8 Å². The van der Waals surface area contributed by atoms with Crippen LogP contribution < -0.4 is 15.6 Å². The Morgan fingerprint density at radius 3 is 2.19 bits per heavy atom. The summed E-state index contributed by atoms with van der Waals surface area (Å²) in [5.41, 5.74) is 5.26. The van der Waals surface area contributed by atoms with Crippen molar-refractivity contribution in [3.8, 4) is 5.75 Å². The zero-order chi connectivity index (χ0) is 19.9. The van der Waals surface area contributed by atoms with Crippen LogP contribution in [0.1, 0.15) is 5.56 Å². The van der Waals surface area contributed by atoms with Crippen molar-refractivity contribution in [1.82, 2.24) is 15.2 Å². The van der Waals surface area contributed by atoms with E-state index in [1.807, 2.05) is 13.0 Å². The quantitative estimate of drug-likeness (QED) is 0.681. The highest BCUT2D eigenvalue weighted by molar-refractivity contribution is 7.89. The second-order valence-electron chi connectivity index (χ2n) is 5.77. The molecule has 144 valence electrons. The molecule has 0 saturated carbocycles. The molecule has 0 radical (unpaired) electrons. The molecule has 2 aromatic rings. The third kappa shape index (κ3) is 6.08. The van der Waals surface area contributed by atoms with Crippen molar-refractivity contribution in [1.29, 1.82) is 0 Å². The second-order valence-corrected chi connectivity index (χ2v) is 7.82. The third-order valence-electron chi connectivity index (χ3n) is 3.55. The van der Waals surface area contributed by atoms with Crippen LogP contribution in [0.15, 0.2) is 59.5 Å². The van der Waals surface area contributed by atoms with Crippen LogP contribution >= 0.6 is 0 Å². The maximum absolute atomic E-state index is 12.4. The van der Waals surface area contributed by atoms with E-state index >= 15 is 0 Å². The van der Waals surface area contributed by atoms with Gasteiger partial charge in [0.1, 0.15) is 5.75 Å². The Hall–Kier alpha value is -2.91. The number of ether oxygens (including phenoxy) is 1. The molecule has 0 aliphatic heterocycles. The molecule has 0 unspecified atom stereocenters. The number of hydrogen-bond donors (Lipinski definition) is 2. The Kier molecular flexibility index (Phi) is 6.91. The lowest BCUT2D eigenvalue weighted by Gasteiger charge is -2.17. The van der Waals surface area contributed by atoms with Gasteiger partial charge in [-0.15, -0.1) is 0 Å². The van der Waals surface area contributed by atoms with E-state index < -0.39 is 28.4 Å². The molecule has 2 rings (SSSR count). The Morgan fingerprint density at radius 1 is 0.963 bits per heavy atom. The number of hydrazine groups is 1. The first-order valence-electron chi connectivity index (χ1n) is 8.07. The number of para-hydroxylation sites is 1. The number of hydrogen-bond acceptors (Lipinski definition) is 5. The van der Waals surface area contributed by atoms with E-state index in [0.717, 1.165) is 9.87 Å². The number of carbonyl (C=O) groups excluding carboxylic acids is 2. The molecule has 0 atom stereocenters. The summed E-state index contributed by atoms with van der Waals surface area (Å²) in [6.45, 7) is 1.11. The number of carbonyl (C=O) groups is 2. The van der Waals surface area contributed by atoms with Crippen LogP contribution in [-0.2, 0) is 19.6 Å². The summed E-state index contributed by atoms with van der Waals surface area (Å²) in [6, 6.07) is 15.0. The number of aryl methyl sites for hydroxylation is 1. The molecule has 2 amide bonds. The summed E-state index contributed by atoms with van der Waals surface area (Å²) in [7, 11) is -2.51. The molecular formula is C18H21N3O5S. The largest absolute Gasteiger partial charge is 0.484 e. The van der Waals surface area contributed by atoms with Crippen LogP contribution in [0.25, 0.3) is 0 Å². The SMILES string of the molecule is Cc1ccc(S(=O)(=O)N(C)CC(=O)NNC(=O)COc2ccccc2)cc1. The van der Waals surface area contributed by atoms with Crippen LogP contribution in [0, 0.1) is 6.92 Å². The smallest absolute Gasteiger partial charge is 0.276 e. The Morgan fingerprint density at radius 2 is 1.56 bits per heavy atom. The molecule has 9 heteroatoms. The van der Waals surface area contributed by atoms with Gasteiger partial charge in [0, 0.05) is 7.05 Å². The van der Waals surface area contributed by atoms with Gasteiger partial charge in [-0.3, -0.25) is 20.4 Å². The Labute approximate surface area is 158 Å². The number of sulfonamides is 1. The van der Waals surface area contributed by atoms with Gasteiger partial charge in [-0.2, -0.15) is 4.31 Å². The molecule has 0 aliphatic carbocycles. The first kappa shape index (κ1) is 20.4. The molecule has 0 fully saturated rings. The maximum atomic E-state index is 12.4. The average Bonchev–Trinajstić information content (AvgIpc) is 2.66. The number of benzene rings is 2. The summed E-state index contributed by atoms with van der Waals surface area (Å²) in [4.78, 5) is 23.7. The molecule has 0 aliphatic rings. The van der Waals surface area contributed by atoms with Gasteiger partial charge in [0.15, 0.2) is 6.61 Å². The van der Waals surface area contributed by atoms with Gasteiger partial charge in [0.25, 0.3) is 11.8 Å². The highest BCUT2D eigenvalue weighted by atomic mass is 32.2. The lowest BCUT2D eigenvalue weighted by molar-refractivity contribution is -0.130. The lowest BCUT2D eigenvalue weighted by atomic mass is 10.2. The van der Waals surface area contributed by atoms with E-state index in [0.29, 0.717) is 5.75 Å². The number of nitrogens with one attached hydrogen (secondary N) is 2. The highest BCUT2D eigenvalue weighted by Crippen LogP contribution is 2.14. The van der Waals surface area contributed by atoms with E-state index in [1.54, 1.807) is 36.4 Å². The number of nitrogens with zero attached hydrogens (tertiary/aromatic N) is 1. The summed E-state index contributed by atoms with van der Waals surface area (Å²) in [6.07, 6.45) is 0.